The molecule has 0 aliphatic carbocycles. The lowest BCUT2D eigenvalue weighted by Crippen LogP contribution is -2.43. The van der Waals surface area contributed by atoms with Crippen LogP contribution >= 0.6 is 0 Å². The van der Waals surface area contributed by atoms with Gasteiger partial charge in [-0.25, -0.2) is 0 Å². The van der Waals surface area contributed by atoms with E-state index in [4.69, 9.17) is 4.74 Å². The van der Waals surface area contributed by atoms with Gasteiger partial charge in [-0.3, -0.25) is 9.59 Å². The summed E-state index contributed by atoms with van der Waals surface area (Å²) in [5.41, 5.74) is 0.686. The zero-order valence-corrected chi connectivity index (χ0v) is 12.3. The minimum atomic E-state index is -0.221. The predicted octanol–water partition coefficient (Wildman–Crippen LogP) is 2.09. The second-order valence-corrected chi connectivity index (χ2v) is 5.51. The van der Waals surface area contributed by atoms with E-state index in [1.807, 2.05) is 36.7 Å². The van der Waals surface area contributed by atoms with Crippen LogP contribution in [0, 0.1) is 5.92 Å². The minimum absolute atomic E-state index is 0.00250. The van der Waals surface area contributed by atoms with Gasteiger partial charge in [0, 0.05) is 25.3 Å². The molecule has 0 N–H and O–H groups in total. The van der Waals surface area contributed by atoms with Crippen molar-refractivity contribution in [3.8, 4) is 0 Å². The van der Waals surface area contributed by atoms with E-state index in [1.54, 1.807) is 4.90 Å². The Labute approximate surface area is 119 Å². The quantitative estimate of drug-likeness (QED) is 0.796. The summed E-state index contributed by atoms with van der Waals surface area (Å²) in [6.45, 7) is 5.25. The van der Waals surface area contributed by atoms with Crippen LogP contribution < -0.4 is 0 Å². The number of carbonyl (C=O) groups is 2. The van der Waals surface area contributed by atoms with Crippen LogP contribution in [-0.4, -0.2) is 41.5 Å². The Morgan fingerprint density at radius 2 is 2.15 bits per heavy atom. The van der Waals surface area contributed by atoms with E-state index >= 15 is 0 Å². The summed E-state index contributed by atoms with van der Waals surface area (Å²) in [5.74, 6) is -0.417. The van der Waals surface area contributed by atoms with E-state index < -0.39 is 0 Å². The normalized spacial score (nSPS) is 19.2. The average molecular weight is 278 g/mol. The zero-order chi connectivity index (χ0) is 14.7. The van der Waals surface area contributed by atoms with Gasteiger partial charge in [0.05, 0.1) is 13.0 Å². The average Bonchev–Trinajstić information content (AvgIpc) is 2.95. The van der Waals surface area contributed by atoms with Crippen LogP contribution in [0.3, 0.4) is 0 Å². The lowest BCUT2D eigenvalue weighted by Gasteiger charge is -2.31. The third-order valence-electron chi connectivity index (χ3n) is 3.80. The molecule has 20 heavy (non-hydrogen) atoms. The van der Waals surface area contributed by atoms with Gasteiger partial charge >= 0.3 is 5.97 Å². The molecule has 1 amide bonds. The van der Waals surface area contributed by atoms with Crippen LogP contribution in [0.1, 0.15) is 43.2 Å². The van der Waals surface area contributed by atoms with Crippen LogP contribution in [0.2, 0.25) is 0 Å². The summed E-state index contributed by atoms with van der Waals surface area (Å²) in [6, 6.07) is 3.96. The van der Waals surface area contributed by atoms with Gasteiger partial charge in [0.2, 0.25) is 0 Å². The highest BCUT2D eigenvalue weighted by atomic mass is 16.5. The maximum atomic E-state index is 12.6. The van der Waals surface area contributed by atoms with Crippen molar-refractivity contribution in [2.24, 2.45) is 5.92 Å². The standard InChI is InChI=1S/C15H22N2O3/c1-11(2)17-9-5-7-13(17)14(18)16-8-4-6-12(10-16)15(19)20-3/h5,7,9,11-12H,4,6,8,10H2,1-3H3. The Hall–Kier alpha value is -1.78. The lowest BCUT2D eigenvalue weighted by atomic mass is 9.98. The number of nitrogens with zero attached hydrogens (tertiary/aromatic N) is 2. The number of piperidine rings is 1. The minimum Gasteiger partial charge on any atom is -0.469 e. The number of esters is 1. The molecule has 0 radical (unpaired) electrons. The molecule has 0 saturated carbocycles. The van der Waals surface area contributed by atoms with Crippen LogP contribution in [-0.2, 0) is 9.53 Å². The third kappa shape index (κ3) is 2.86. The first-order valence-corrected chi connectivity index (χ1v) is 7.08. The molecule has 1 aromatic rings. The van der Waals surface area contributed by atoms with E-state index in [-0.39, 0.29) is 23.8 Å². The number of aromatic nitrogens is 1. The van der Waals surface area contributed by atoms with Crippen LogP contribution in [0.25, 0.3) is 0 Å². The Kier molecular flexibility index (Phi) is 4.47. The first kappa shape index (κ1) is 14.6. The Balaban J connectivity index is 2.12. The number of carbonyl (C=O) groups excluding carboxylic acids is 2. The molecule has 1 atom stereocenters. The number of ether oxygens (including phenoxy) is 1. The predicted molar refractivity (Wildman–Crippen MR) is 75.5 cm³/mol. The molecule has 0 bridgehead atoms. The molecule has 5 heteroatoms. The van der Waals surface area contributed by atoms with E-state index in [0.29, 0.717) is 18.8 Å². The second kappa shape index (κ2) is 6.11. The van der Waals surface area contributed by atoms with E-state index in [1.165, 1.54) is 7.11 Å². The zero-order valence-electron chi connectivity index (χ0n) is 12.3. The fourth-order valence-corrected chi connectivity index (χ4v) is 2.71. The summed E-state index contributed by atoms with van der Waals surface area (Å²) in [6.07, 6.45) is 3.55. The maximum Gasteiger partial charge on any atom is 0.310 e. The number of likely N-dealkylation sites (tertiary alicyclic amines) is 1. The molecular weight excluding hydrogens is 256 g/mol. The molecule has 1 unspecified atom stereocenters. The molecule has 0 spiro atoms. The molecule has 5 nitrogen and oxygen atoms in total. The van der Waals surface area contributed by atoms with Gasteiger partial charge in [0.1, 0.15) is 5.69 Å². The van der Waals surface area contributed by atoms with Gasteiger partial charge in [-0.15, -0.1) is 0 Å². The molecule has 1 aliphatic rings. The molecular formula is C15H22N2O3. The second-order valence-electron chi connectivity index (χ2n) is 5.51. The maximum absolute atomic E-state index is 12.6. The number of amides is 1. The summed E-state index contributed by atoms with van der Waals surface area (Å²) in [5, 5.41) is 0. The molecule has 1 fully saturated rings. The fourth-order valence-electron chi connectivity index (χ4n) is 2.71. The van der Waals surface area contributed by atoms with Crippen molar-refractivity contribution in [2.75, 3.05) is 20.2 Å². The molecule has 1 aliphatic heterocycles. The molecule has 1 saturated heterocycles. The highest BCUT2D eigenvalue weighted by Gasteiger charge is 2.30. The molecule has 0 aromatic carbocycles. The molecule has 110 valence electrons. The van der Waals surface area contributed by atoms with Gasteiger partial charge in [-0.2, -0.15) is 0 Å². The largest absolute Gasteiger partial charge is 0.469 e. The van der Waals surface area contributed by atoms with Crippen molar-refractivity contribution < 1.29 is 14.3 Å². The van der Waals surface area contributed by atoms with Gasteiger partial charge in [0.15, 0.2) is 0 Å². The van der Waals surface area contributed by atoms with E-state index in [0.717, 1.165) is 12.8 Å². The van der Waals surface area contributed by atoms with Crippen LogP contribution in [0.5, 0.6) is 0 Å². The van der Waals surface area contributed by atoms with Crippen molar-refractivity contribution in [3.05, 3.63) is 24.0 Å². The Morgan fingerprint density at radius 3 is 2.80 bits per heavy atom. The SMILES string of the molecule is COC(=O)C1CCCN(C(=O)c2cccn2C(C)C)C1. The van der Waals surface area contributed by atoms with Gasteiger partial charge in [-0.05, 0) is 38.8 Å². The highest BCUT2D eigenvalue weighted by Crippen LogP contribution is 2.21. The van der Waals surface area contributed by atoms with Crippen molar-refractivity contribution in [2.45, 2.75) is 32.7 Å². The lowest BCUT2D eigenvalue weighted by molar-refractivity contribution is -0.146. The fraction of sp³-hybridized carbons (Fsp3) is 0.600. The smallest absolute Gasteiger partial charge is 0.310 e. The number of rotatable bonds is 3. The van der Waals surface area contributed by atoms with Crippen molar-refractivity contribution >= 4 is 11.9 Å². The summed E-state index contributed by atoms with van der Waals surface area (Å²) in [4.78, 5) is 26.0. The Bertz CT molecular complexity index is 493. The van der Waals surface area contributed by atoms with Crippen molar-refractivity contribution in [3.63, 3.8) is 0 Å². The third-order valence-corrected chi connectivity index (χ3v) is 3.80. The summed E-state index contributed by atoms with van der Waals surface area (Å²) >= 11 is 0. The van der Waals surface area contributed by atoms with Gasteiger partial charge in [0.25, 0.3) is 5.91 Å². The van der Waals surface area contributed by atoms with Crippen molar-refractivity contribution in [1.29, 1.82) is 0 Å². The number of hydrogen-bond donors (Lipinski definition) is 0. The molecule has 2 rings (SSSR count). The van der Waals surface area contributed by atoms with Crippen LogP contribution in [0.15, 0.2) is 18.3 Å². The van der Waals surface area contributed by atoms with E-state index in [2.05, 4.69) is 0 Å². The molecule has 1 aromatic heterocycles. The monoisotopic (exact) mass is 278 g/mol. The van der Waals surface area contributed by atoms with Gasteiger partial charge in [-0.1, -0.05) is 0 Å². The summed E-state index contributed by atoms with van der Waals surface area (Å²) in [7, 11) is 1.40. The van der Waals surface area contributed by atoms with Crippen LogP contribution in [0.4, 0.5) is 0 Å². The first-order valence-electron chi connectivity index (χ1n) is 7.08. The van der Waals surface area contributed by atoms with E-state index in [9.17, 15) is 9.59 Å². The Morgan fingerprint density at radius 1 is 1.40 bits per heavy atom. The summed E-state index contributed by atoms with van der Waals surface area (Å²) < 4.78 is 6.75. The number of methoxy groups -OCH3 is 1. The first-order chi connectivity index (χ1) is 9.54. The van der Waals surface area contributed by atoms with Crippen molar-refractivity contribution in [1.82, 2.24) is 9.47 Å². The molecule has 2 heterocycles. The topological polar surface area (TPSA) is 51.5 Å². The highest BCUT2D eigenvalue weighted by molar-refractivity contribution is 5.93. The van der Waals surface area contributed by atoms with Gasteiger partial charge < -0.3 is 14.2 Å². The number of hydrogen-bond acceptors (Lipinski definition) is 3.